The van der Waals surface area contributed by atoms with Crippen LogP contribution in [-0.2, 0) is 6.61 Å². The molecular weight excluding hydrogens is 492 g/mol. The molecule has 0 unspecified atom stereocenters. The standard InChI is InChI=1S/C36H36N2O2/c1-4-39-35-21-26(12-17-34(35)40-23-27-19-24(2)18-25(3)20-27)22-37-29-15-13-28(14-16-29)36-32-10-7-9-30(32)31-8-5-6-11-33(31)38-36/h5-9,11-22,30,32,36,38H,4,10,23H2,1-3H3/t30-,32-,36+/m1/s1. The molecule has 6 rings (SSSR count). The molecule has 1 heterocycles. The van der Waals surface area contributed by atoms with Crippen LogP contribution >= 0.6 is 0 Å². The zero-order valence-corrected chi connectivity index (χ0v) is 23.4. The maximum atomic E-state index is 6.15. The van der Waals surface area contributed by atoms with Crippen LogP contribution in [0.2, 0.25) is 0 Å². The summed E-state index contributed by atoms with van der Waals surface area (Å²) in [6.45, 7) is 7.27. The van der Waals surface area contributed by atoms with Crippen molar-refractivity contribution < 1.29 is 9.47 Å². The third kappa shape index (κ3) is 5.53. The minimum atomic E-state index is 0.290. The molecule has 0 amide bonds. The van der Waals surface area contributed by atoms with Gasteiger partial charge in [-0.1, -0.05) is 71.8 Å². The molecule has 0 bridgehead atoms. The van der Waals surface area contributed by atoms with E-state index in [-0.39, 0.29) is 6.04 Å². The topological polar surface area (TPSA) is 42.8 Å². The number of aryl methyl sites for hydroxylation is 2. The Morgan fingerprint density at radius 3 is 2.48 bits per heavy atom. The van der Waals surface area contributed by atoms with Gasteiger partial charge in [0.15, 0.2) is 11.5 Å². The van der Waals surface area contributed by atoms with Crippen LogP contribution in [0.4, 0.5) is 11.4 Å². The summed E-state index contributed by atoms with van der Waals surface area (Å²) in [5, 5.41) is 3.81. The molecule has 0 fully saturated rings. The third-order valence-corrected chi connectivity index (χ3v) is 7.83. The second kappa shape index (κ2) is 11.4. The van der Waals surface area contributed by atoms with Crippen molar-refractivity contribution in [3.8, 4) is 11.5 Å². The summed E-state index contributed by atoms with van der Waals surface area (Å²) >= 11 is 0. The molecule has 0 saturated carbocycles. The van der Waals surface area contributed by atoms with Crippen molar-refractivity contribution in [2.75, 3.05) is 11.9 Å². The minimum absolute atomic E-state index is 0.290. The van der Waals surface area contributed by atoms with E-state index in [9.17, 15) is 0 Å². The molecule has 0 radical (unpaired) electrons. The first-order chi connectivity index (χ1) is 19.6. The van der Waals surface area contributed by atoms with Crippen molar-refractivity contribution in [2.45, 2.75) is 45.8 Å². The number of nitrogens with zero attached hydrogens (tertiary/aromatic N) is 1. The van der Waals surface area contributed by atoms with Crippen LogP contribution in [0.3, 0.4) is 0 Å². The molecule has 1 aliphatic carbocycles. The zero-order chi connectivity index (χ0) is 27.5. The number of anilines is 1. The molecule has 1 aliphatic heterocycles. The maximum absolute atomic E-state index is 6.15. The lowest BCUT2D eigenvalue weighted by Gasteiger charge is -2.37. The van der Waals surface area contributed by atoms with Crippen LogP contribution in [0.15, 0.2) is 102 Å². The van der Waals surface area contributed by atoms with E-state index in [1.807, 2.05) is 31.3 Å². The molecule has 0 spiro atoms. The predicted molar refractivity (Wildman–Crippen MR) is 164 cm³/mol. The lowest BCUT2D eigenvalue weighted by atomic mass is 9.77. The second-order valence-corrected chi connectivity index (χ2v) is 10.8. The first-order valence-corrected chi connectivity index (χ1v) is 14.2. The van der Waals surface area contributed by atoms with Crippen molar-refractivity contribution in [1.82, 2.24) is 0 Å². The van der Waals surface area contributed by atoms with Gasteiger partial charge in [-0.3, -0.25) is 4.99 Å². The highest BCUT2D eigenvalue weighted by molar-refractivity contribution is 5.83. The van der Waals surface area contributed by atoms with Crippen LogP contribution in [0.25, 0.3) is 0 Å². The molecule has 2 aliphatic rings. The fourth-order valence-corrected chi connectivity index (χ4v) is 6.10. The summed E-state index contributed by atoms with van der Waals surface area (Å²) in [6, 6.07) is 30.1. The van der Waals surface area contributed by atoms with Crippen molar-refractivity contribution in [3.05, 3.63) is 130 Å². The number of nitrogens with one attached hydrogen (secondary N) is 1. The average Bonchev–Trinajstić information content (AvgIpc) is 3.46. The van der Waals surface area contributed by atoms with Gasteiger partial charge in [0.05, 0.1) is 18.3 Å². The number of hydrogen-bond donors (Lipinski definition) is 1. The van der Waals surface area contributed by atoms with Gasteiger partial charge >= 0.3 is 0 Å². The summed E-state index contributed by atoms with van der Waals surface area (Å²) in [5.41, 5.74) is 9.48. The number of hydrogen-bond acceptors (Lipinski definition) is 4. The number of allylic oxidation sites excluding steroid dienone is 2. The van der Waals surface area contributed by atoms with Gasteiger partial charge in [-0.2, -0.15) is 0 Å². The first-order valence-electron chi connectivity index (χ1n) is 14.2. The molecule has 4 heteroatoms. The number of aliphatic imine (C=N–C) groups is 1. The molecule has 1 N–H and O–H groups in total. The molecule has 40 heavy (non-hydrogen) atoms. The Balaban J connectivity index is 1.15. The molecular formula is C36H36N2O2. The van der Waals surface area contributed by atoms with E-state index in [2.05, 4.69) is 98.0 Å². The lowest BCUT2D eigenvalue weighted by Crippen LogP contribution is -2.28. The molecule has 202 valence electrons. The quantitative estimate of drug-likeness (QED) is 0.183. The highest BCUT2D eigenvalue weighted by Gasteiger charge is 2.37. The molecule has 4 nitrogen and oxygen atoms in total. The monoisotopic (exact) mass is 528 g/mol. The van der Waals surface area contributed by atoms with Gasteiger partial charge in [0.2, 0.25) is 0 Å². The van der Waals surface area contributed by atoms with Crippen molar-refractivity contribution in [2.24, 2.45) is 10.9 Å². The van der Waals surface area contributed by atoms with Gasteiger partial charge < -0.3 is 14.8 Å². The molecule has 3 atom stereocenters. The number of benzene rings is 4. The smallest absolute Gasteiger partial charge is 0.161 e. The Kier molecular flexibility index (Phi) is 7.41. The average molecular weight is 529 g/mol. The highest BCUT2D eigenvalue weighted by Crippen LogP contribution is 2.49. The van der Waals surface area contributed by atoms with E-state index in [4.69, 9.17) is 14.5 Å². The molecule has 0 saturated heterocycles. The molecule has 0 aromatic heterocycles. The van der Waals surface area contributed by atoms with E-state index in [0.29, 0.717) is 25.0 Å². The number of para-hydroxylation sites is 1. The van der Waals surface area contributed by atoms with Gasteiger partial charge in [-0.25, -0.2) is 0 Å². The summed E-state index contributed by atoms with van der Waals surface area (Å²) < 4.78 is 12.1. The van der Waals surface area contributed by atoms with Crippen LogP contribution in [0.1, 0.15) is 58.7 Å². The Hall–Kier alpha value is -4.31. The number of fused-ring (bicyclic) bond motifs is 3. The summed E-state index contributed by atoms with van der Waals surface area (Å²) in [4.78, 5) is 4.75. The minimum Gasteiger partial charge on any atom is -0.490 e. The Bertz CT molecular complexity index is 1530. The fraction of sp³-hybridized carbons (Fsp3) is 0.250. The second-order valence-electron chi connectivity index (χ2n) is 10.8. The fourth-order valence-electron chi connectivity index (χ4n) is 6.10. The van der Waals surface area contributed by atoms with Gasteiger partial charge in [0, 0.05) is 17.8 Å². The predicted octanol–water partition coefficient (Wildman–Crippen LogP) is 8.86. The van der Waals surface area contributed by atoms with Crippen molar-refractivity contribution >= 4 is 17.6 Å². The summed E-state index contributed by atoms with van der Waals surface area (Å²) in [7, 11) is 0. The number of rotatable bonds is 8. The van der Waals surface area contributed by atoms with Gasteiger partial charge in [0.1, 0.15) is 6.61 Å². The van der Waals surface area contributed by atoms with E-state index >= 15 is 0 Å². The normalized spacial score (nSPS) is 19.2. The highest BCUT2D eigenvalue weighted by atomic mass is 16.5. The van der Waals surface area contributed by atoms with Crippen molar-refractivity contribution in [3.63, 3.8) is 0 Å². The van der Waals surface area contributed by atoms with Gasteiger partial charge in [-0.15, -0.1) is 0 Å². The van der Waals surface area contributed by atoms with Crippen molar-refractivity contribution in [1.29, 1.82) is 0 Å². The Labute approximate surface area is 237 Å². The lowest BCUT2D eigenvalue weighted by molar-refractivity contribution is 0.269. The van der Waals surface area contributed by atoms with E-state index in [1.165, 1.54) is 27.9 Å². The van der Waals surface area contributed by atoms with Crippen LogP contribution in [0.5, 0.6) is 11.5 Å². The summed E-state index contributed by atoms with van der Waals surface area (Å²) in [5.74, 6) is 2.49. The molecule has 4 aromatic rings. The Morgan fingerprint density at radius 2 is 1.68 bits per heavy atom. The van der Waals surface area contributed by atoms with Gasteiger partial charge in [-0.05, 0) is 91.8 Å². The molecule has 4 aromatic carbocycles. The zero-order valence-electron chi connectivity index (χ0n) is 23.4. The maximum Gasteiger partial charge on any atom is 0.161 e. The number of ether oxygens (including phenoxy) is 2. The van der Waals surface area contributed by atoms with Crippen LogP contribution in [0, 0.1) is 19.8 Å². The van der Waals surface area contributed by atoms with E-state index in [0.717, 1.165) is 34.7 Å². The van der Waals surface area contributed by atoms with Gasteiger partial charge in [0.25, 0.3) is 0 Å². The Morgan fingerprint density at radius 1 is 0.875 bits per heavy atom. The van der Waals surface area contributed by atoms with E-state index in [1.54, 1.807) is 0 Å². The van der Waals surface area contributed by atoms with E-state index < -0.39 is 0 Å². The largest absolute Gasteiger partial charge is 0.490 e. The SMILES string of the molecule is CCOc1cc(C=Nc2ccc([C@@H]3Nc4ccccc4[C@H]4C=CC[C@H]43)cc2)ccc1OCc1cc(C)cc(C)c1. The first kappa shape index (κ1) is 25.9. The third-order valence-electron chi connectivity index (χ3n) is 7.83. The van der Waals surface area contributed by atoms with Crippen LogP contribution in [-0.4, -0.2) is 12.8 Å². The van der Waals surface area contributed by atoms with Crippen LogP contribution < -0.4 is 14.8 Å². The summed E-state index contributed by atoms with van der Waals surface area (Å²) in [6.07, 6.45) is 7.70.